The van der Waals surface area contributed by atoms with E-state index in [1.54, 1.807) is 7.05 Å². The van der Waals surface area contributed by atoms with Gasteiger partial charge in [0, 0.05) is 31.4 Å². The molecule has 2 atom stereocenters. The quantitative estimate of drug-likeness (QED) is 0.440. The van der Waals surface area contributed by atoms with Gasteiger partial charge in [-0.2, -0.15) is 5.10 Å². The molecule has 1 fully saturated rings. The topological polar surface area (TPSA) is 54.2 Å². The minimum atomic E-state index is 0. The highest BCUT2D eigenvalue weighted by Crippen LogP contribution is 2.28. The summed E-state index contributed by atoms with van der Waals surface area (Å²) in [5.41, 5.74) is 2.41. The Morgan fingerprint density at radius 2 is 2.04 bits per heavy atom. The van der Waals surface area contributed by atoms with E-state index in [1.165, 1.54) is 12.0 Å². The Morgan fingerprint density at radius 1 is 1.30 bits per heavy atom. The fourth-order valence-corrected chi connectivity index (χ4v) is 2.43. The number of hydrogen-bond donors (Lipinski definition) is 2. The number of rotatable bonds is 5. The third-order valence-electron chi connectivity index (χ3n) is 3.99. The molecule has 0 saturated heterocycles. The van der Waals surface area contributed by atoms with Crippen LogP contribution in [0, 0.1) is 5.92 Å². The summed E-state index contributed by atoms with van der Waals surface area (Å²) >= 11 is 0. The molecular weight excluding hydrogens is 401 g/mol. The van der Waals surface area contributed by atoms with Gasteiger partial charge in [0.25, 0.3) is 0 Å². The van der Waals surface area contributed by atoms with Gasteiger partial charge < -0.3 is 10.6 Å². The minimum Gasteiger partial charge on any atom is -0.353 e. The number of aromatic nitrogens is 2. The zero-order chi connectivity index (χ0) is 15.4. The van der Waals surface area contributed by atoms with Gasteiger partial charge in [0.15, 0.2) is 5.96 Å². The van der Waals surface area contributed by atoms with Gasteiger partial charge in [-0.25, -0.2) is 0 Å². The molecule has 2 unspecified atom stereocenters. The molecule has 1 aromatic carbocycles. The van der Waals surface area contributed by atoms with Crippen LogP contribution in [0.5, 0.6) is 0 Å². The maximum atomic E-state index is 4.42. The van der Waals surface area contributed by atoms with Gasteiger partial charge in [-0.1, -0.05) is 37.3 Å². The zero-order valence-electron chi connectivity index (χ0n) is 13.6. The van der Waals surface area contributed by atoms with Crippen LogP contribution in [0.25, 0.3) is 0 Å². The van der Waals surface area contributed by atoms with Crippen LogP contribution in [0.1, 0.15) is 24.5 Å². The van der Waals surface area contributed by atoms with E-state index in [1.807, 2.05) is 16.9 Å². The Labute approximate surface area is 154 Å². The van der Waals surface area contributed by atoms with Crippen molar-refractivity contribution in [2.45, 2.75) is 32.5 Å². The van der Waals surface area contributed by atoms with Crippen molar-refractivity contribution < 1.29 is 0 Å². The van der Waals surface area contributed by atoms with Crippen molar-refractivity contribution in [3.8, 4) is 0 Å². The molecule has 2 N–H and O–H groups in total. The highest BCUT2D eigenvalue weighted by molar-refractivity contribution is 14.0. The Hall–Kier alpha value is -1.57. The van der Waals surface area contributed by atoms with E-state index in [2.05, 4.69) is 58.1 Å². The molecule has 1 aliphatic rings. The van der Waals surface area contributed by atoms with Crippen LogP contribution >= 0.6 is 24.0 Å². The summed E-state index contributed by atoms with van der Waals surface area (Å²) in [6, 6.07) is 10.9. The molecule has 0 spiro atoms. The van der Waals surface area contributed by atoms with Gasteiger partial charge >= 0.3 is 0 Å². The number of nitrogens with one attached hydrogen (secondary N) is 2. The monoisotopic (exact) mass is 425 g/mol. The highest BCUT2D eigenvalue weighted by atomic mass is 127. The van der Waals surface area contributed by atoms with Crippen molar-refractivity contribution in [1.29, 1.82) is 0 Å². The summed E-state index contributed by atoms with van der Waals surface area (Å²) in [6.45, 7) is 3.78. The summed E-state index contributed by atoms with van der Waals surface area (Å²) in [4.78, 5) is 4.26. The number of halogens is 1. The fourth-order valence-electron chi connectivity index (χ4n) is 2.43. The van der Waals surface area contributed by atoms with E-state index >= 15 is 0 Å². The average Bonchev–Trinajstić information content (AvgIpc) is 3.05. The molecule has 1 aromatic heterocycles. The highest BCUT2D eigenvalue weighted by Gasteiger charge is 2.33. The summed E-state index contributed by atoms with van der Waals surface area (Å²) in [5.74, 6) is 1.62. The number of guanidine groups is 1. The van der Waals surface area contributed by atoms with Crippen LogP contribution in [0.3, 0.4) is 0 Å². The first-order chi connectivity index (χ1) is 10.7. The lowest BCUT2D eigenvalue weighted by Gasteiger charge is -2.10. The predicted molar refractivity (Wildman–Crippen MR) is 104 cm³/mol. The standard InChI is InChI=1S/C17H23N5.HI/c1-13-8-16(13)21-17(18-2)19-9-15-10-20-22(12-15)11-14-6-4-3-5-7-14;/h3-7,10,12-13,16H,8-9,11H2,1-2H3,(H2,18,19,21);1H. The maximum absolute atomic E-state index is 4.42. The third kappa shape index (κ3) is 5.23. The lowest BCUT2D eigenvalue weighted by molar-refractivity contribution is 0.685. The summed E-state index contributed by atoms with van der Waals surface area (Å²) in [6.07, 6.45) is 5.21. The lowest BCUT2D eigenvalue weighted by atomic mass is 10.2. The van der Waals surface area contributed by atoms with E-state index in [-0.39, 0.29) is 24.0 Å². The Kier molecular flexibility index (Phi) is 6.44. The second-order valence-electron chi connectivity index (χ2n) is 5.92. The first-order valence-corrected chi connectivity index (χ1v) is 7.77. The van der Waals surface area contributed by atoms with Crippen LogP contribution < -0.4 is 10.6 Å². The number of benzene rings is 1. The van der Waals surface area contributed by atoms with Crippen LogP contribution in [0.4, 0.5) is 0 Å². The number of aliphatic imine (C=N–C) groups is 1. The Morgan fingerprint density at radius 3 is 2.70 bits per heavy atom. The van der Waals surface area contributed by atoms with E-state index in [0.717, 1.165) is 30.5 Å². The van der Waals surface area contributed by atoms with Crippen LogP contribution in [0.15, 0.2) is 47.7 Å². The molecule has 124 valence electrons. The van der Waals surface area contributed by atoms with Crippen molar-refractivity contribution in [2.24, 2.45) is 10.9 Å². The van der Waals surface area contributed by atoms with E-state index < -0.39 is 0 Å². The second kappa shape index (κ2) is 8.33. The molecule has 3 rings (SSSR count). The molecule has 0 bridgehead atoms. The first-order valence-electron chi connectivity index (χ1n) is 7.77. The van der Waals surface area contributed by atoms with Crippen molar-refractivity contribution in [1.82, 2.24) is 20.4 Å². The molecular formula is C17H24IN5. The normalized spacial score (nSPS) is 19.8. The van der Waals surface area contributed by atoms with E-state index in [9.17, 15) is 0 Å². The SMILES string of the molecule is CN=C(NCc1cnn(Cc2ccccc2)c1)NC1CC1C.I. The average molecular weight is 425 g/mol. The second-order valence-corrected chi connectivity index (χ2v) is 5.92. The molecule has 2 aromatic rings. The molecule has 0 radical (unpaired) electrons. The van der Waals surface area contributed by atoms with E-state index in [0.29, 0.717) is 6.04 Å². The van der Waals surface area contributed by atoms with Crippen LogP contribution in [-0.4, -0.2) is 28.8 Å². The zero-order valence-corrected chi connectivity index (χ0v) is 15.9. The van der Waals surface area contributed by atoms with E-state index in [4.69, 9.17) is 0 Å². The van der Waals surface area contributed by atoms with Gasteiger partial charge in [0.05, 0.1) is 12.7 Å². The summed E-state index contributed by atoms with van der Waals surface area (Å²) in [5, 5.41) is 11.2. The molecule has 1 saturated carbocycles. The molecule has 5 nitrogen and oxygen atoms in total. The Bertz CT molecular complexity index is 637. The predicted octanol–water partition coefficient (Wildman–Crippen LogP) is 2.62. The summed E-state index contributed by atoms with van der Waals surface area (Å²) in [7, 11) is 1.81. The van der Waals surface area contributed by atoms with Crippen LogP contribution in [0.2, 0.25) is 0 Å². The van der Waals surface area contributed by atoms with Crippen molar-refractivity contribution >= 4 is 29.9 Å². The largest absolute Gasteiger partial charge is 0.353 e. The molecule has 0 aliphatic heterocycles. The molecule has 23 heavy (non-hydrogen) atoms. The van der Waals surface area contributed by atoms with Gasteiger partial charge in [0.2, 0.25) is 0 Å². The first kappa shape index (κ1) is 17.8. The summed E-state index contributed by atoms with van der Waals surface area (Å²) < 4.78 is 1.96. The molecule has 0 amide bonds. The van der Waals surface area contributed by atoms with Crippen molar-refractivity contribution in [3.05, 3.63) is 53.9 Å². The Balaban J connectivity index is 0.00000192. The maximum Gasteiger partial charge on any atom is 0.191 e. The van der Waals surface area contributed by atoms with Gasteiger partial charge in [-0.05, 0) is 17.9 Å². The number of hydrogen-bond acceptors (Lipinski definition) is 2. The van der Waals surface area contributed by atoms with Crippen molar-refractivity contribution in [3.63, 3.8) is 0 Å². The molecule has 6 heteroatoms. The van der Waals surface area contributed by atoms with Gasteiger partial charge in [0.1, 0.15) is 0 Å². The van der Waals surface area contributed by atoms with Gasteiger partial charge in [-0.3, -0.25) is 9.67 Å². The van der Waals surface area contributed by atoms with Crippen molar-refractivity contribution in [2.75, 3.05) is 7.05 Å². The smallest absolute Gasteiger partial charge is 0.191 e. The fraction of sp³-hybridized carbons (Fsp3) is 0.412. The van der Waals surface area contributed by atoms with Crippen LogP contribution in [-0.2, 0) is 13.1 Å². The third-order valence-corrected chi connectivity index (χ3v) is 3.99. The molecule has 1 heterocycles. The van der Waals surface area contributed by atoms with Gasteiger partial charge in [-0.15, -0.1) is 24.0 Å². The lowest BCUT2D eigenvalue weighted by Crippen LogP contribution is -2.38. The molecule has 1 aliphatic carbocycles. The number of nitrogens with zero attached hydrogens (tertiary/aromatic N) is 3. The minimum absolute atomic E-state index is 0.